The topological polar surface area (TPSA) is 82.3 Å². The Labute approximate surface area is 171 Å². The van der Waals surface area contributed by atoms with Crippen molar-refractivity contribution in [3.05, 3.63) is 69.5 Å². The fourth-order valence-corrected chi connectivity index (χ4v) is 2.95. The highest BCUT2D eigenvalue weighted by molar-refractivity contribution is 9.10. The van der Waals surface area contributed by atoms with E-state index in [1.54, 1.807) is 6.07 Å². The Morgan fingerprint density at radius 3 is 2.64 bits per heavy atom. The molecule has 0 saturated heterocycles. The van der Waals surface area contributed by atoms with Crippen LogP contribution in [-0.2, 0) is 16.1 Å². The van der Waals surface area contributed by atoms with Crippen molar-refractivity contribution >= 4 is 27.7 Å². The molecule has 28 heavy (non-hydrogen) atoms. The lowest BCUT2D eigenvalue weighted by Crippen LogP contribution is -2.08. The van der Waals surface area contributed by atoms with Crippen molar-refractivity contribution in [3.8, 4) is 11.4 Å². The predicted octanol–water partition coefficient (Wildman–Crippen LogP) is 4.82. The van der Waals surface area contributed by atoms with Crippen molar-refractivity contribution in [1.29, 1.82) is 0 Å². The third-order valence-corrected chi connectivity index (χ3v) is 4.79. The molecule has 3 rings (SSSR count). The minimum absolute atomic E-state index is 0.00160. The summed E-state index contributed by atoms with van der Waals surface area (Å²) in [6.07, 6.45) is 0.0901. The molecule has 0 saturated carbocycles. The second-order valence-corrected chi connectivity index (χ2v) is 7.32. The number of carbonyl (C=O) groups excluding carboxylic acids is 2. The molecule has 1 heterocycles. The molecule has 0 aliphatic heterocycles. The SMILES string of the molecule is Cc1ccc(C(=O)CCC(=O)OCc2nc(-c3cccc(Br)c3)no2)cc1C. The Balaban J connectivity index is 1.49. The normalized spacial score (nSPS) is 10.7. The van der Waals surface area contributed by atoms with Crippen LogP contribution in [0.25, 0.3) is 11.4 Å². The minimum Gasteiger partial charge on any atom is -0.456 e. The molecule has 0 fully saturated rings. The van der Waals surface area contributed by atoms with Gasteiger partial charge in [0.2, 0.25) is 5.82 Å². The first-order chi connectivity index (χ1) is 13.4. The van der Waals surface area contributed by atoms with Crippen LogP contribution >= 0.6 is 15.9 Å². The van der Waals surface area contributed by atoms with Gasteiger partial charge in [-0.3, -0.25) is 9.59 Å². The molecule has 0 amide bonds. The number of rotatable bonds is 7. The Morgan fingerprint density at radius 1 is 1.07 bits per heavy atom. The van der Waals surface area contributed by atoms with Gasteiger partial charge in [-0.05, 0) is 43.2 Å². The lowest BCUT2D eigenvalue weighted by molar-refractivity contribution is -0.145. The van der Waals surface area contributed by atoms with Crippen LogP contribution in [0.15, 0.2) is 51.5 Å². The Morgan fingerprint density at radius 2 is 1.89 bits per heavy atom. The summed E-state index contributed by atoms with van der Waals surface area (Å²) in [5.74, 6) is 0.0373. The second kappa shape index (κ2) is 8.93. The standard InChI is InChI=1S/C21H19BrN2O4/c1-13-6-7-15(10-14(13)2)18(25)8-9-20(26)27-12-19-23-21(24-28-19)16-4-3-5-17(22)11-16/h3-7,10-11H,8-9,12H2,1-2H3. The van der Waals surface area contributed by atoms with E-state index in [9.17, 15) is 9.59 Å². The number of ketones is 1. The van der Waals surface area contributed by atoms with Gasteiger partial charge < -0.3 is 9.26 Å². The van der Waals surface area contributed by atoms with Gasteiger partial charge in [0, 0.05) is 22.0 Å². The van der Waals surface area contributed by atoms with E-state index in [-0.39, 0.29) is 31.1 Å². The first kappa shape index (κ1) is 19.9. The fraction of sp³-hybridized carbons (Fsp3) is 0.238. The third kappa shape index (κ3) is 5.13. The number of aromatic nitrogens is 2. The highest BCUT2D eigenvalue weighted by atomic mass is 79.9. The van der Waals surface area contributed by atoms with Gasteiger partial charge in [0.25, 0.3) is 5.89 Å². The fourth-order valence-electron chi connectivity index (χ4n) is 2.55. The summed E-state index contributed by atoms with van der Waals surface area (Å²) in [5.41, 5.74) is 3.56. The molecule has 6 nitrogen and oxygen atoms in total. The maximum atomic E-state index is 12.2. The molecule has 0 unspecified atom stereocenters. The summed E-state index contributed by atoms with van der Waals surface area (Å²) in [5, 5.41) is 3.88. The van der Waals surface area contributed by atoms with Gasteiger partial charge in [-0.2, -0.15) is 4.98 Å². The molecule has 0 aliphatic carbocycles. The molecular formula is C21H19BrN2O4. The number of carbonyl (C=O) groups is 2. The van der Waals surface area contributed by atoms with Crippen molar-refractivity contribution in [3.63, 3.8) is 0 Å². The predicted molar refractivity (Wildman–Crippen MR) is 107 cm³/mol. The van der Waals surface area contributed by atoms with Gasteiger partial charge in [-0.15, -0.1) is 0 Å². The average molecular weight is 443 g/mol. The van der Waals surface area contributed by atoms with E-state index in [1.165, 1.54) is 0 Å². The number of benzene rings is 2. The maximum absolute atomic E-state index is 12.2. The Kier molecular flexibility index (Phi) is 6.36. The van der Waals surface area contributed by atoms with Crippen molar-refractivity contribution in [2.24, 2.45) is 0 Å². The van der Waals surface area contributed by atoms with Crippen LogP contribution in [0.4, 0.5) is 0 Å². The van der Waals surface area contributed by atoms with E-state index >= 15 is 0 Å². The first-order valence-electron chi connectivity index (χ1n) is 8.77. The Hall–Kier alpha value is -2.80. The summed E-state index contributed by atoms with van der Waals surface area (Å²) >= 11 is 3.39. The van der Waals surface area contributed by atoms with Crippen molar-refractivity contribution in [1.82, 2.24) is 10.1 Å². The highest BCUT2D eigenvalue weighted by Gasteiger charge is 2.14. The number of aryl methyl sites for hydroxylation is 2. The van der Waals surface area contributed by atoms with E-state index in [0.29, 0.717) is 11.4 Å². The zero-order chi connectivity index (χ0) is 20.1. The number of nitrogens with zero attached hydrogens (tertiary/aromatic N) is 2. The molecule has 0 spiro atoms. The van der Waals surface area contributed by atoms with Gasteiger partial charge >= 0.3 is 5.97 Å². The van der Waals surface area contributed by atoms with Crippen LogP contribution in [0.1, 0.15) is 40.2 Å². The van der Waals surface area contributed by atoms with Crippen molar-refractivity contribution in [2.75, 3.05) is 0 Å². The zero-order valence-corrected chi connectivity index (χ0v) is 17.2. The van der Waals surface area contributed by atoms with Crippen LogP contribution in [-0.4, -0.2) is 21.9 Å². The monoisotopic (exact) mass is 442 g/mol. The average Bonchev–Trinajstić information content (AvgIpc) is 3.15. The maximum Gasteiger partial charge on any atom is 0.306 e. The van der Waals surface area contributed by atoms with Crippen molar-refractivity contribution < 1.29 is 18.8 Å². The molecule has 144 valence electrons. The first-order valence-corrected chi connectivity index (χ1v) is 9.56. The number of halogens is 1. The largest absolute Gasteiger partial charge is 0.456 e. The molecule has 7 heteroatoms. The van der Waals surface area contributed by atoms with Crippen LogP contribution < -0.4 is 0 Å². The van der Waals surface area contributed by atoms with Crippen LogP contribution in [0.2, 0.25) is 0 Å². The van der Waals surface area contributed by atoms with E-state index in [2.05, 4.69) is 26.1 Å². The molecular weight excluding hydrogens is 424 g/mol. The smallest absolute Gasteiger partial charge is 0.306 e. The number of esters is 1. The summed E-state index contributed by atoms with van der Waals surface area (Å²) in [6, 6.07) is 13.0. The van der Waals surface area contributed by atoms with Gasteiger partial charge in [-0.1, -0.05) is 45.4 Å². The number of hydrogen-bond donors (Lipinski definition) is 0. The van der Waals surface area contributed by atoms with Crippen LogP contribution in [0.3, 0.4) is 0 Å². The zero-order valence-electron chi connectivity index (χ0n) is 15.6. The number of hydrogen-bond acceptors (Lipinski definition) is 6. The molecule has 0 bridgehead atoms. The lowest BCUT2D eigenvalue weighted by Gasteiger charge is -2.05. The molecule has 0 aliphatic rings. The van der Waals surface area contributed by atoms with Gasteiger partial charge in [0.1, 0.15) is 0 Å². The van der Waals surface area contributed by atoms with Gasteiger partial charge in [0.05, 0.1) is 6.42 Å². The minimum atomic E-state index is -0.487. The van der Waals surface area contributed by atoms with E-state index < -0.39 is 5.97 Å². The highest BCUT2D eigenvalue weighted by Crippen LogP contribution is 2.20. The Bertz CT molecular complexity index is 1010. The molecule has 0 N–H and O–H groups in total. The molecule has 1 aromatic heterocycles. The quantitative estimate of drug-likeness (QED) is 0.385. The molecule has 2 aromatic carbocycles. The third-order valence-electron chi connectivity index (χ3n) is 4.29. The lowest BCUT2D eigenvalue weighted by atomic mass is 10.0. The van der Waals surface area contributed by atoms with E-state index in [1.807, 2.05) is 50.2 Å². The summed E-state index contributed by atoms with van der Waals surface area (Å²) in [7, 11) is 0. The van der Waals surface area contributed by atoms with Gasteiger partial charge in [-0.25, -0.2) is 0 Å². The summed E-state index contributed by atoms with van der Waals surface area (Å²) < 4.78 is 11.1. The van der Waals surface area contributed by atoms with E-state index in [4.69, 9.17) is 9.26 Å². The van der Waals surface area contributed by atoms with Crippen LogP contribution in [0, 0.1) is 13.8 Å². The second-order valence-electron chi connectivity index (χ2n) is 6.40. The van der Waals surface area contributed by atoms with Gasteiger partial charge in [0.15, 0.2) is 12.4 Å². The van der Waals surface area contributed by atoms with E-state index in [0.717, 1.165) is 21.2 Å². The summed E-state index contributed by atoms with van der Waals surface area (Å²) in [6.45, 7) is 3.81. The number of Topliss-reactive ketones (excluding diaryl/α,β-unsaturated/α-hetero) is 1. The summed E-state index contributed by atoms with van der Waals surface area (Å²) in [4.78, 5) is 28.4. The van der Waals surface area contributed by atoms with Crippen molar-refractivity contribution in [2.45, 2.75) is 33.3 Å². The molecule has 3 aromatic rings. The van der Waals surface area contributed by atoms with Crippen LogP contribution in [0.5, 0.6) is 0 Å². The molecule has 0 atom stereocenters. The molecule has 0 radical (unpaired) electrons. The number of ether oxygens (including phenoxy) is 1.